The number of aryl methyl sites for hydroxylation is 1. The van der Waals surface area contributed by atoms with Crippen molar-refractivity contribution in [3.63, 3.8) is 0 Å². The second-order valence-electron chi connectivity index (χ2n) is 4.18. The molecule has 0 radical (unpaired) electrons. The van der Waals surface area contributed by atoms with E-state index in [1.807, 2.05) is 4.72 Å². The molecular formula is C12H12F2N4O2S. The predicted octanol–water partition coefficient (Wildman–Crippen LogP) is 1.75. The summed E-state index contributed by atoms with van der Waals surface area (Å²) < 4.78 is 53.4. The van der Waals surface area contributed by atoms with Crippen molar-refractivity contribution in [2.75, 3.05) is 10.1 Å². The number of sulfonamides is 1. The molecule has 0 unspecified atom stereocenters. The molecular weight excluding hydrogens is 302 g/mol. The summed E-state index contributed by atoms with van der Waals surface area (Å²) in [4.78, 5) is 3.48. The average Bonchev–Trinajstić information content (AvgIpc) is 2.48. The molecule has 0 amide bonds. The van der Waals surface area contributed by atoms with Crippen LogP contribution in [-0.4, -0.2) is 13.4 Å². The minimum atomic E-state index is -4.16. The number of hydrogen-bond donors (Lipinski definition) is 3. The predicted molar refractivity (Wildman–Crippen MR) is 74.0 cm³/mol. The highest BCUT2D eigenvalue weighted by molar-refractivity contribution is 7.92. The monoisotopic (exact) mass is 314 g/mol. The van der Waals surface area contributed by atoms with Gasteiger partial charge in [-0.2, -0.15) is 0 Å². The molecule has 112 valence electrons. The largest absolute Gasteiger partial charge is 0.308 e. The first-order valence-electron chi connectivity index (χ1n) is 5.75. The molecule has 0 fully saturated rings. The molecule has 4 N–H and O–H groups in total. The fourth-order valence-electron chi connectivity index (χ4n) is 1.57. The third-order valence-corrected chi connectivity index (χ3v) is 4.05. The van der Waals surface area contributed by atoms with Crippen LogP contribution in [0.3, 0.4) is 0 Å². The highest BCUT2D eigenvalue weighted by atomic mass is 32.2. The number of hydrazine groups is 1. The molecule has 0 aliphatic carbocycles. The number of aromatic nitrogens is 1. The molecule has 1 heterocycles. The van der Waals surface area contributed by atoms with Crippen LogP contribution in [0.4, 0.5) is 20.3 Å². The van der Waals surface area contributed by atoms with Crippen molar-refractivity contribution < 1.29 is 17.2 Å². The van der Waals surface area contributed by atoms with Gasteiger partial charge in [0, 0.05) is 6.20 Å². The van der Waals surface area contributed by atoms with Gasteiger partial charge in [0.1, 0.15) is 22.2 Å². The summed E-state index contributed by atoms with van der Waals surface area (Å²) in [6.07, 6.45) is 1.02. The minimum Gasteiger partial charge on any atom is -0.308 e. The summed E-state index contributed by atoms with van der Waals surface area (Å²) in [5, 5.41) is 0. The molecule has 0 aliphatic rings. The Labute approximate surface area is 120 Å². The maximum absolute atomic E-state index is 13.8. The molecule has 2 aromatic rings. The number of anilines is 2. The number of pyridine rings is 1. The van der Waals surface area contributed by atoms with Crippen LogP contribution >= 0.6 is 0 Å². The molecule has 1 aromatic carbocycles. The maximum atomic E-state index is 13.8. The Kier molecular flexibility index (Phi) is 4.05. The second kappa shape index (κ2) is 5.62. The Hall–Kier alpha value is -2.26. The third-order valence-electron chi connectivity index (χ3n) is 2.72. The summed E-state index contributed by atoms with van der Waals surface area (Å²) in [5.74, 6) is 3.39. The van der Waals surface area contributed by atoms with E-state index in [0.29, 0.717) is 0 Å². The Morgan fingerprint density at radius 1 is 1.19 bits per heavy atom. The number of hydrogen-bond acceptors (Lipinski definition) is 5. The van der Waals surface area contributed by atoms with Crippen LogP contribution < -0.4 is 16.0 Å². The first kappa shape index (κ1) is 15.1. The summed E-state index contributed by atoms with van der Waals surface area (Å²) in [5.41, 5.74) is 1.63. The van der Waals surface area contributed by atoms with E-state index >= 15 is 0 Å². The van der Waals surface area contributed by atoms with Crippen molar-refractivity contribution in [3.8, 4) is 0 Å². The number of benzene rings is 1. The third kappa shape index (κ3) is 3.09. The quantitative estimate of drug-likeness (QED) is 0.590. The van der Waals surface area contributed by atoms with Crippen LogP contribution in [0.5, 0.6) is 0 Å². The van der Waals surface area contributed by atoms with E-state index in [9.17, 15) is 17.2 Å². The molecule has 0 spiro atoms. The molecule has 1 aromatic heterocycles. The normalized spacial score (nSPS) is 11.2. The van der Waals surface area contributed by atoms with Crippen LogP contribution in [0, 0.1) is 18.6 Å². The Morgan fingerprint density at radius 2 is 1.90 bits per heavy atom. The molecule has 0 bridgehead atoms. The van der Waals surface area contributed by atoms with Crippen LogP contribution in [0.1, 0.15) is 5.56 Å². The number of nitrogen functional groups attached to an aromatic ring is 1. The summed E-state index contributed by atoms with van der Waals surface area (Å²) in [6.45, 7) is 1.40. The number of rotatable bonds is 4. The second-order valence-corrected chi connectivity index (χ2v) is 5.86. The van der Waals surface area contributed by atoms with Gasteiger partial charge in [0.05, 0.1) is 0 Å². The molecule has 0 atom stereocenters. The maximum Gasteiger partial charge on any atom is 0.263 e. The van der Waals surface area contributed by atoms with Gasteiger partial charge in [0.25, 0.3) is 10.0 Å². The fourth-order valence-corrected chi connectivity index (χ4v) is 2.58. The van der Waals surface area contributed by atoms with Crippen molar-refractivity contribution in [2.24, 2.45) is 5.84 Å². The van der Waals surface area contributed by atoms with E-state index in [1.165, 1.54) is 25.1 Å². The van der Waals surface area contributed by atoms with Crippen molar-refractivity contribution >= 4 is 21.5 Å². The van der Waals surface area contributed by atoms with Crippen LogP contribution in [-0.2, 0) is 10.0 Å². The Balaban J connectivity index is 2.39. The molecule has 2 rings (SSSR count). The zero-order valence-electron chi connectivity index (χ0n) is 10.9. The topological polar surface area (TPSA) is 97.1 Å². The smallest absolute Gasteiger partial charge is 0.263 e. The van der Waals surface area contributed by atoms with Crippen molar-refractivity contribution in [1.29, 1.82) is 0 Å². The number of nitrogens with one attached hydrogen (secondary N) is 2. The van der Waals surface area contributed by atoms with Gasteiger partial charge in [-0.1, -0.05) is 6.07 Å². The molecule has 21 heavy (non-hydrogen) atoms. The minimum absolute atomic E-state index is 0.120. The Bertz CT molecular complexity index is 764. The Morgan fingerprint density at radius 3 is 2.48 bits per heavy atom. The first-order valence-corrected chi connectivity index (χ1v) is 7.23. The highest BCUT2D eigenvalue weighted by Crippen LogP contribution is 2.24. The lowest BCUT2D eigenvalue weighted by Gasteiger charge is -2.11. The number of nitrogens with zero attached hydrogens (tertiary/aromatic N) is 1. The first-order chi connectivity index (χ1) is 9.85. The molecule has 0 saturated heterocycles. The molecule has 6 nitrogen and oxygen atoms in total. The van der Waals surface area contributed by atoms with E-state index in [0.717, 1.165) is 12.3 Å². The van der Waals surface area contributed by atoms with Gasteiger partial charge in [0.2, 0.25) is 0 Å². The zero-order valence-corrected chi connectivity index (χ0v) is 11.7. The molecule has 0 saturated carbocycles. The van der Waals surface area contributed by atoms with Crippen LogP contribution in [0.15, 0.2) is 35.4 Å². The standard InChI is InChI=1S/C12H12F2N4O2S/c1-7-2-4-9(13)12(11(7)14)18-21(19,20)8-3-5-10(17-15)16-6-8/h2-6,18H,15H2,1H3,(H,16,17). The van der Waals surface area contributed by atoms with Gasteiger partial charge in [-0.05, 0) is 30.7 Å². The highest BCUT2D eigenvalue weighted by Gasteiger charge is 2.20. The summed E-state index contributed by atoms with van der Waals surface area (Å²) in [6, 6.07) is 4.72. The van der Waals surface area contributed by atoms with Crippen molar-refractivity contribution in [2.45, 2.75) is 11.8 Å². The van der Waals surface area contributed by atoms with Crippen LogP contribution in [0.2, 0.25) is 0 Å². The summed E-state index contributed by atoms with van der Waals surface area (Å²) >= 11 is 0. The SMILES string of the molecule is Cc1ccc(F)c(NS(=O)(=O)c2ccc(NN)nc2)c1F. The zero-order chi connectivity index (χ0) is 15.6. The van der Waals surface area contributed by atoms with Gasteiger partial charge < -0.3 is 5.43 Å². The fraction of sp³-hybridized carbons (Fsp3) is 0.0833. The van der Waals surface area contributed by atoms with Gasteiger partial charge >= 0.3 is 0 Å². The lowest BCUT2D eigenvalue weighted by Crippen LogP contribution is -2.16. The molecule has 9 heteroatoms. The van der Waals surface area contributed by atoms with Gasteiger partial charge in [-0.25, -0.2) is 28.0 Å². The van der Waals surface area contributed by atoms with Crippen molar-refractivity contribution in [1.82, 2.24) is 4.98 Å². The summed E-state index contributed by atoms with van der Waals surface area (Å²) in [7, 11) is -4.16. The number of nitrogens with two attached hydrogens (primary N) is 1. The average molecular weight is 314 g/mol. The number of halogens is 2. The van der Waals surface area contributed by atoms with Gasteiger partial charge in [-0.15, -0.1) is 0 Å². The molecule has 0 aliphatic heterocycles. The lowest BCUT2D eigenvalue weighted by molar-refractivity contribution is 0.578. The van der Waals surface area contributed by atoms with E-state index < -0.39 is 27.3 Å². The van der Waals surface area contributed by atoms with E-state index in [2.05, 4.69) is 10.4 Å². The van der Waals surface area contributed by atoms with Crippen molar-refractivity contribution in [3.05, 3.63) is 47.7 Å². The van der Waals surface area contributed by atoms with Gasteiger partial charge in [-0.3, -0.25) is 4.72 Å². The van der Waals surface area contributed by atoms with Crippen LogP contribution in [0.25, 0.3) is 0 Å². The van der Waals surface area contributed by atoms with E-state index in [-0.39, 0.29) is 16.3 Å². The van der Waals surface area contributed by atoms with Gasteiger partial charge in [0.15, 0.2) is 5.82 Å². The van der Waals surface area contributed by atoms with E-state index in [1.54, 1.807) is 0 Å². The van der Waals surface area contributed by atoms with E-state index in [4.69, 9.17) is 5.84 Å². The lowest BCUT2D eigenvalue weighted by atomic mass is 10.2.